The van der Waals surface area contributed by atoms with E-state index < -0.39 is 8.32 Å². The summed E-state index contributed by atoms with van der Waals surface area (Å²) >= 11 is 0. The van der Waals surface area contributed by atoms with Crippen molar-refractivity contribution in [1.82, 2.24) is 0 Å². The summed E-state index contributed by atoms with van der Waals surface area (Å²) < 4.78 is 13.0. The van der Waals surface area contributed by atoms with Gasteiger partial charge < -0.3 is 14.3 Å². The molecule has 2 aromatic rings. The van der Waals surface area contributed by atoms with Gasteiger partial charge in [-0.1, -0.05) is 202 Å². The molecule has 3 rings (SSSR count). The Bertz CT molecular complexity index is 1430. The third kappa shape index (κ3) is 18.9. The molecule has 1 N–H and O–H groups in total. The van der Waals surface area contributed by atoms with Crippen LogP contribution in [0, 0.1) is 0 Å². The zero-order valence-electron chi connectivity index (χ0n) is 37.5. The van der Waals surface area contributed by atoms with E-state index in [-0.39, 0.29) is 29.3 Å². The van der Waals surface area contributed by atoms with Gasteiger partial charge in [0.05, 0.1) is 12.2 Å². The average Bonchev–Trinajstić information content (AvgIpc) is 3.53. The second kappa shape index (κ2) is 29.3. The molecule has 3 atom stereocenters. The third-order valence-corrected chi connectivity index (χ3v) is 16.7. The molecule has 0 aromatic heterocycles. The summed E-state index contributed by atoms with van der Waals surface area (Å²) in [6.45, 7) is 11.1. The smallest absolute Gasteiger partial charge is 0.334 e. The first-order valence-corrected chi connectivity index (χ1v) is 25.4. The number of carbonyl (C=O) groups excluding carboxylic acids is 1. The lowest BCUT2D eigenvalue weighted by molar-refractivity contribution is -0.139. The van der Waals surface area contributed by atoms with Crippen molar-refractivity contribution in [2.24, 2.45) is 0 Å². The van der Waals surface area contributed by atoms with E-state index in [0.29, 0.717) is 6.42 Å². The minimum absolute atomic E-state index is 0.0902. The molecule has 58 heavy (non-hydrogen) atoms. The van der Waals surface area contributed by atoms with E-state index >= 15 is 0 Å². The maximum atomic E-state index is 12.8. The summed E-state index contributed by atoms with van der Waals surface area (Å²) in [5, 5.41) is 12.9. The number of esters is 1. The van der Waals surface area contributed by atoms with Gasteiger partial charge in [-0.15, -0.1) is 0 Å². The number of rotatable bonds is 32. The summed E-state index contributed by atoms with van der Waals surface area (Å²) in [6, 6.07) is 21.6. The number of carbonyl (C=O) groups is 1. The number of unbranched alkanes of at least 4 members (excludes halogenated alkanes) is 15. The molecule has 0 radical (unpaired) electrons. The van der Waals surface area contributed by atoms with E-state index in [0.717, 1.165) is 76.2 Å². The molecule has 2 aromatic carbocycles. The standard InChI is InChI=1S/C53H82O4Si/c1-6-7-8-9-10-11-12-13-14-15-16-17-18-19-20-22-25-30-37-48(54)38-31-26-23-21-24-27-32-39-49(45-47-44-46(2)56-52(47)55)57-58(53(3,4)5,50-40-33-28-34-41-50)51-42-35-29-36-43-51/h17-18,22,25-26,28-29,31,33-36,40-44,46,48-49,54H,6-16,19-21,23-24,27,30,32,37-39,45H2,1-5H3/b18-17+,25-22+,31-26+/t46-,48-,49+/m0/s1. The molecule has 5 heteroatoms. The quantitative estimate of drug-likeness (QED) is 0.0346. The number of allylic oxidation sites excluding steroid dienone is 5. The molecule has 322 valence electrons. The largest absolute Gasteiger partial charge is 0.455 e. The van der Waals surface area contributed by atoms with Crippen LogP contribution in [0.4, 0.5) is 0 Å². The van der Waals surface area contributed by atoms with E-state index in [1.165, 1.54) is 81.0 Å². The molecule has 4 nitrogen and oxygen atoms in total. The van der Waals surface area contributed by atoms with E-state index in [2.05, 4.69) is 125 Å². The fourth-order valence-corrected chi connectivity index (χ4v) is 13.1. The van der Waals surface area contributed by atoms with Gasteiger partial charge >= 0.3 is 5.97 Å². The molecular formula is C53H82O4Si. The highest BCUT2D eigenvalue weighted by atomic mass is 28.4. The van der Waals surface area contributed by atoms with Crippen LogP contribution in [0.15, 0.2) is 109 Å². The average molecular weight is 811 g/mol. The van der Waals surface area contributed by atoms with Crippen molar-refractivity contribution in [3.05, 3.63) is 109 Å². The van der Waals surface area contributed by atoms with Gasteiger partial charge in [0, 0.05) is 12.0 Å². The molecular weight excluding hydrogens is 729 g/mol. The Kier molecular flexibility index (Phi) is 24.9. The highest BCUT2D eigenvalue weighted by molar-refractivity contribution is 6.99. The van der Waals surface area contributed by atoms with Crippen LogP contribution in [0.25, 0.3) is 0 Å². The van der Waals surface area contributed by atoms with Crippen LogP contribution in [0.2, 0.25) is 5.04 Å². The first-order chi connectivity index (χ1) is 28.2. The molecule has 1 aliphatic heterocycles. The van der Waals surface area contributed by atoms with Crippen molar-refractivity contribution in [1.29, 1.82) is 0 Å². The van der Waals surface area contributed by atoms with Gasteiger partial charge in [0.15, 0.2) is 0 Å². The lowest BCUT2D eigenvalue weighted by atomic mass is 10.0. The van der Waals surface area contributed by atoms with Gasteiger partial charge in [-0.3, -0.25) is 0 Å². The number of ether oxygens (including phenoxy) is 1. The maximum Gasteiger partial charge on any atom is 0.334 e. The SMILES string of the molecule is CCCCCCCCCCCC/C=C/CC/C=C/CC[C@H](O)C/C=C/CCCCCC[C@H](CC1=C[C@H](C)OC1=O)O[Si](c1ccccc1)(c1ccccc1)C(C)(C)C. The Labute approximate surface area is 356 Å². The summed E-state index contributed by atoms with van der Waals surface area (Å²) in [6.07, 6.45) is 41.9. The summed E-state index contributed by atoms with van der Waals surface area (Å²) in [5.74, 6) is -0.204. The van der Waals surface area contributed by atoms with Crippen LogP contribution in [-0.2, 0) is 14.0 Å². The molecule has 0 fully saturated rings. The second-order valence-corrected chi connectivity index (χ2v) is 22.1. The Morgan fingerprint density at radius 2 is 1.14 bits per heavy atom. The number of hydrogen-bond acceptors (Lipinski definition) is 4. The zero-order chi connectivity index (χ0) is 41.7. The molecule has 1 aliphatic rings. The maximum absolute atomic E-state index is 12.8. The molecule has 0 unspecified atom stereocenters. The number of hydrogen-bond donors (Lipinski definition) is 1. The molecule has 0 saturated heterocycles. The van der Waals surface area contributed by atoms with Crippen LogP contribution in [0.3, 0.4) is 0 Å². The van der Waals surface area contributed by atoms with Crippen molar-refractivity contribution in [3.8, 4) is 0 Å². The highest BCUT2D eigenvalue weighted by Crippen LogP contribution is 2.39. The van der Waals surface area contributed by atoms with Gasteiger partial charge in [0.2, 0.25) is 0 Å². The van der Waals surface area contributed by atoms with Crippen LogP contribution < -0.4 is 10.4 Å². The second-order valence-electron chi connectivity index (χ2n) is 17.8. The van der Waals surface area contributed by atoms with Crippen LogP contribution >= 0.6 is 0 Å². The van der Waals surface area contributed by atoms with Gasteiger partial charge in [-0.2, -0.15) is 0 Å². The first kappa shape index (κ1) is 49.4. The topological polar surface area (TPSA) is 55.8 Å². The normalized spacial score (nSPS) is 16.1. The monoisotopic (exact) mass is 811 g/mol. The van der Waals surface area contributed by atoms with Crippen LogP contribution in [-0.4, -0.2) is 37.7 Å². The van der Waals surface area contributed by atoms with Crippen molar-refractivity contribution < 1.29 is 19.1 Å². The number of aliphatic hydroxyl groups is 1. The third-order valence-electron chi connectivity index (χ3n) is 11.6. The van der Waals surface area contributed by atoms with E-state index in [9.17, 15) is 9.90 Å². The zero-order valence-corrected chi connectivity index (χ0v) is 38.5. The molecule has 1 heterocycles. The summed E-state index contributed by atoms with van der Waals surface area (Å²) in [5.41, 5.74) is 0.747. The summed E-state index contributed by atoms with van der Waals surface area (Å²) in [7, 11) is -2.77. The fraction of sp³-hybridized carbons (Fsp3) is 0.604. The number of aliphatic hydroxyl groups excluding tert-OH is 1. The van der Waals surface area contributed by atoms with E-state index in [1.54, 1.807) is 0 Å². The minimum atomic E-state index is -2.77. The van der Waals surface area contributed by atoms with Crippen molar-refractivity contribution in [2.75, 3.05) is 0 Å². The van der Waals surface area contributed by atoms with Gasteiger partial charge in [-0.05, 0) is 92.6 Å². The number of benzene rings is 2. The Morgan fingerprint density at radius 3 is 1.66 bits per heavy atom. The lowest BCUT2D eigenvalue weighted by Crippen LogP contribution is -2.67. The van der Waals surface area contributed by atoms with Crippen LogP contribution in [0.1, 0.15) is 182 Å². The molecule has 0 saturated carbocycles. The van der Waals surface area contributed by atoms with Crippen LogP contribution in [0.5, 0.6) is 0 Å². The van der Waals surface area contributed by atoms with Crippen molar-refractivity contribution >= 4 is 24.7 Å². The lowest BCUT2D eigenvalue weighted by Gasteiger charge is -2.45. The van der Waals surface area contributed by atoms with E-state index in [1.807, 2.05) is 13.0 Å². The highest BCUT2D eigenvalue weighted by Gasteiger charge is 2.51. The fourth-order valence-electron chi connectivity index (χ4n) is 8.35. The molecule has 0 aliphatic carbocycles. The van der Waals surface area contributed by atoms with Crippen molar-refractivity contribution in [2.45, 2.75) is 206 Å². The predicted molar refractivity (Wildman–Crippen MR) is 251 cm³/mol. The first-order valence-electron chi connectivity index (χ1n) is 23.5. The summed E-state index contributed by atoms with van der Waals surface area (Å²) in [4.78, 5) is 12.8. The molecule has 0 spiro atoms. The number of cyclic esters (lactones) is 1. The molecule has 0 amide bonds. The van der Waals surface area contributed by atoms with Gasteiger partial charge in [0.25, 0.3) is 8.32 Å². The van der Waals surface area contributed by atoms with Gasteiger partial charge in [0.1, 0.15) is 6.10 Å². The Balaban J connectivity index is 1.33. The van der Waals surface area contributed by atoms with Crippen molar-refractivity contribution in [3.63, 3.8) is 0 Å². The predicted octanol–water partition coefficient (Wildman–Crippen LogP) is 13.8. The van der Waals surface area contributed by atoms with Gasteiger partial charge in [-0.25, -0.2) is 4.79 Å². The minimum Gasteiger partial charge on any atom is -0.455 e. The Hall–Kier alpha value is -2.99. The Morgan fingerprint density at radius 1 is 0.655 bits per heavy atom. The van der Waals surface area contributed by atoms with E-state index in [4.69, 9.17) is 9.16 Å². The molecule has 0 bridgehead atoms.